The van der Waals surface area contributed by atoms with E-state index < -0.39 is 0 Å². The first kappa shape index (κ1) is 14.6. The van der Waals surface area contributed by atoms with Crippen molar-refractivity contribution in [1.29, 1.82) is 0 Å². The molecule has 0 fully saturated rings. The van der Waals surface area contributed by atoms with E-state index in [-0.39, 0.29) is 6.04 Å². The lowest BCUT2D eigenvalue weighted by atomic mass is 10.0. The van der Waals surface area contributed by atoms with E-state index in [9.17, 15) is 0 Å². The number of nitrogens with zero attached hydrogens (tertiary/aromatic N) is 3. The van der Waals surface area contributed by atoms with Gasteiger partial charge in [-0.05, 0) is 47.5 Å². The topological polar surface area (TPSA) is 31.2 Å². The molecule has 0 spiro atoms. The van der Waals surface area contributed by atoms with Crippen molar-refractivity contribution in [2.24, 2.45) is 4.99 Å². The van der Waals surface area contributed by atoms with Crippen molar-refractivity contribution in [3.63, 3.8) is 0 Å². The van der Waals surface area contributed by atoms with Crippen molar-refractivity contribution < 1.29 is 4.24 Å². The number of hydrogen-bond donors (Lipinski definition) is 0. The zero-order valence-corrected chi connectivity index (χ0v) is 14.6. The first-order valence-electron chi connectivity index (χ1n) is 9.15. The minimum atomic E-state index is 0.0813. The summed E-state index contributed by atoms with van der Waals surface area (Å²) in [5.74, 6) is 0. The van der Waals surface area contributed by atoms with Gasteiger partial charge in [-0.2, -0.15) is 4.24 Å². The van der Waals surface area contributed by atoms with Crippen LogP contribution in [0.3, 0.4) is 0 Å². The van der Waals surface area contributed by atoms with Crippen LogP contribution < -0.4 is 9.73 Å². The average molecular weight is 346 g/mol. The van der Waals surface area contributed by atoms with E-state index >= 15 is 0 Å². The van der Waals surface area contributed by atoms with Gasteiger partial charge >= 0.3 is 5.49 Å². The van der Waals surface area contributed by atoms with Crippen LogP contribution in [-0.2, 0) is 0 Å². The molecule has 0 N–H and O–H groups in total. The molecule has 2 aromatic heterocycles. The molecule has 4 aromatic rings. The Morgan fingerprint density at radius 3 is 2.67 bits per heavy atom. The second-order valence-corrected chi connectivity index (χ2v) is 6.90. The highest BCUT2D eigenvalue weighted by molar-refractivity contribution is 6.02. The molecule has 0 bridgehead atoms. The quantitative estimate of drug-likeness (QED) is 0.380. The Hall–Kier alpha value is -3.59. The van der Waals surface area contributed by atoms with E-state index in [0.29, 0.717) is 0 Å². The Morgan fingerprint density at radius 2 is 1.74 bits per heavy atom. The lowest BCUT2D eigenvalue weighted by Crippen LogP contribution is -2.38. The monoisotopic (exact) mass is 346 g/mol. The van der Waals surface area contributed by atoms with Gasteiger partial charge in [0.1, 0.15) is 5.52 Å². The lowest BCUT2D eigenvalue weighted by Gasteiger charge is -2.06. The molecule has 1 aliphatic heterocycles. The molecule has 3 nitrogen and oxygen atoms in total. The molecule has 126 valence electrons. The molecule has 1 unspecified atom stereocenters. The summed E-state index contributed by atoms with van der Waals surface area (Å²) in [6.45, 7) is 0. The Balaban J connectivity index is 1.81. The molecule has 6 rings (SSSR count). The maximum absolute atomic E-state index is 4.98. The van der Waals surface area contributed by atoms with Gasteiger partial charge in [0.25, 0.3) is 0 Å². The van der Waals surface area contributed by atoms with Gasteiger partial charge in [0.2, 0.25) is 6.04 Å². The second kappa shape index (κ2) is 5.45. The Kier molecular flexibility index (Phi) is 2.94. The molecule has 2 aromatic carbocycles. The molecule has 1 aliphatic carbocycles. The lowest BCUT2D eigenvalue weighted by molar-refractivity contribution is -0.501. The van der Waals surface area contributed by atoms with Gasteiger partial charge in [-0.15, -0.1) is 0 Å². The van der Waals surface area contributed by atoms with Crippen LogP contribution in [0.4, 0.5) is 0 Å². The smallest absolute Gasteiger partial charge is 0.255 e. The summed E-state index contributed by atoms with van der Waals surface area (Å²) in [5.41, 5.74) is 6.77. The summed E-state index contributed by atoms with van der Waals surface area (Å²) < 4.78 is 2.29. The third-order valence-electron chi connectivity index (χ3n) is 5.35. The van der Waals surface area contributed by atoms with E-state index in [2.05, 4.69) is 77.1 Å². The maximum atomic E-state index is 4.98. The maximum Gasteiger partial charge on any atom is 0.333 e. The number of allylic oxidation sites excluding steroid dienone is 2. The number of rotatable bonds is 1. The van der Waals surface area contributed by atoms with Crippen LogP contribution in [0, 0.1) is 5.71 Å². The first-order chi connectivity index (χ1) is 13.4. The largest absolute Gasteiger partial charge is 0.333 e. The molecule has 3 heterocycles. The van der Waals surface area contributed by atoms with E-state index in [4.69, 9.17) is 9.98 Å². The van der Waals surface area contributed by atoms with E-state index in [1.54, 1.807) is 0 Å². The molecule has 0 saturated heterocycles. The van der Waals surface area contributed by atoms with Crippen molar-refractivity contribution in [3.05, 3.63) is 102 Å². The van der Waals surface area contributed by atoms with Crippen molar-refractivity contribution in [1.82, 2.24) is 4.98 Å². The van der Waals surface area contributed by atoms with Crippen LogP contribution in [0.15, 0.2) is 96.2 Å². The van der Waals surface area contributed by atoms with Crippen LogP contribution in [-0.4, -0.2) is 11.0 Å². The summed E-state index contributed by atoms with van der Waals surface area (Å²) in [5, 5.41) is 2.25. The summed E-state index contributed by atoms with van der Waals surface area (Å²) >= 11 is 0. The predicted molar refractivity (Wildman–Crippen MR) is 107 cm³/mol. The number of fused-ring (bicyclic) bond motifs is 7. The molecule has 3 heteroatoms. The molecule has 1 atom stereocenters. The first-order valence-corrected chi connectivity index (χ1v) is 9.15. The van der Waals surface area contributed by atoms with Gasteiger partial charge in [-0.25, -0.2) is 0 Å². The van der Waals surface area contributed by atoms with Gasteiger partial charge in [0, 0.05) is 11.6 Å². The summed E-state index contributed by atoms with van der Waals surface area (Å²) in [6, 6.07) is 21.3. The van der Waals surface area contributed by atoms with Gasteiger partial charge in [0.05, 0.1) is 10.9 Å². The average Bonchev–Trinajstić information content (AvgIpc) is 3.14. The van der Waals surface area contributed by atoms with E-state index in [1.807, 2.05) is 18.3 Å². The SMILES string of the molecule is C1=CC2=[n+]3c(c4cccnc4c4cc(-c5ccccc5)ccc43)=NC2C=C1. The van der Waals surface area contributed by atoms with Crippen molar-refractivity contribution in [2.45, 2.75) is 6.04 Å². The summed E-state index contributed by atoms with van der Waals surface area (Å²) in [7, 11) is 0. The van der Waals surface area contributed by atoms with E-state index in [1.165, 1.54) is 16.8 Å². The highest BCUT2D eigenvalue weighted by Crippen LogP contribution is 2.27. The third-order valence-corrected chi connectivity index (χ3v) is 5.35. The number of hydrogen-bond acceptors (Lipinski definition) is 2. The molecular weight excluding hydrogens is 330 g/mol. The molecule has 0 saturated carbocycles. The Bertz CT molecular complexity index is 1410. The fourth-order valence-corrected chi connectivity index (χ4v) is 4.12. The fourth-order valence-electron chi connectivity index (χ4n) is 4.12. The van der Waals surface area contributed by atoms with Crippen LogP contribution >= 0.6 is 0 Å². The predicted octanol–water partition coefficient (Wildman–Crippen LogP) is 3.85. The van der Waals surface area contributed by atoms with Crippen LogP contribution in [0.1, 0.15) is 0 Å². The molecule has 27 heavy (non-hydrogen) atoms. The van der Waals surface area contributed by atoms with Gasteiger partial charge in [-0.1, -0.05) is 53.5 Å². The van der Waals surface area contributed by atoms with E-state index in [0.717, 1.165) is 27.3 Å². The normalized spacial score (nSPS) is 17.2. The Labute approximate surface area is 156 Å². The minimum absolute atomic E-state index is 0.0813. The second-order valence-electron chi connectivity index (χ2n) is 6.90. The van der Waals surface area contributed by atoms with Gasteiger partial charge in [-0.3, -0.25) is 4.98 Å². The fraction of sp³-hybridized carbons (Fsp3) is 0.0417. The highest BCUT2D eigenvalue weighted by atomic mass is 15.0. The zero-order valence-electron chi connectivity index (χ0n) is 14.6. The summed E-state index contributed by atoms with van der Waals surface area (Å²) in [6.07, 6.45) is 10.3. The molecular formula is C24H16N3+. The zero-order chi connectivity index (χ0) is 17.8. The molecule has 2 aliphatic rings. The van der Waals surface area contributed by atoms with Crippen molar-refractivity contribution in [3.8, 4) is 11.1 Å². The van der Waals surface area contributed by atoms with Crippen molar-refractivity contribution >= 4 is 21.8 Å². The van der Waals surface area contributed by atoms with Crippen molar-refractivity contribution in [2.75, 3.05) is 0 Å². The summed E-state index contributed by atoms with van der Waals surface area (Å²) in [4.78, 5) is 9.70. The van der Waals surface area contributed by atoms with Crippen LogP contribution in [0.5, 0.6) is 0 Å². The van der Waals surface area contributed by atoms with Gasteiger partial charge in [0.15, 0.2) is 5.71 Å². The number of benzene rings is 2. The molecule has 0 amide bonds. The number of pyridine rings is 2. The third kappa shape index (κ3) is 2.05. The highest BCUT2D eigenvalue weighted by Gasteiger charge is 2.30. The van der Waals surface area contributed by atoms with Gasteiger partial charge < -0.3 is 0 Å². The minimum Gasteiger partial charge on any atom is -0.255 e. The van der Waals surface area contributed by atoms with Crippen LogP contribution in [0.2, 0.25) is 0 Å². The standard InChI is InChI=1S/C24H16N3/c1-2-7-16(8-3-1)17-12-13-21-19(15-17)23-18(9-6-14-25-23)24-26-20-10-4-5-11-22(20)27(21)24/h1-15,20H/q+1. The number of aromatic nitrogens is 2. The Morgan fingerprint density at radius 1 is 0.815 bits per heavy atom. The van der Waals surface area contributed by atoms with Crippen LogP contribution in [0.25, 0.3) is 32.9 Å². The molecule has 0 radical (unpaired) electrons.